The number of rotatable bonds is 7. The average molecular weight is 782 g/mol. The van der Waals surface area contributed by atoms with E-state index in [-0.39, 0.29) is 12.0 Å². The predicted molar refractivity (Wildman–Crippen MR) is 253 cm³/mol. The Labute approximate surface area is 354 Å². The molecule has 9 aromatic carbocycles. The molecule has 0 radical (unpaired) electrons. The van der Waals surface area contributed by atoms with E-state index in [1.165, 1.54) is 38.6 Å². The summed E-state index contributed by atoms with van der Waals surface area (Å²) in [5, 5.41) is 4.68. The molecular formula is C58H39NO2. The van der Waals surface area contributed by atoms with Crippen molar-refractivity contribution in [3.63, 3.8) is 0 Å². The fourth-order valence-corrected chi connectivity index (χ4v) is 9.34. The molecule has 0 N–H and O–H groups in total. The molecule has 0 amide bonds. The average Bonchev–Trinajstić information content (AvgIpc) is 3.90. The highest BCUT2D eigenvalue weighted by Crippen LogP contribution is 2.45. The molecule has 0 saturated heterocycles. The van der Waals surface area contributed by atoms with Crippen LogP contribution in [-0.2, 0) is 0 Å². The molecule has 3 heteroatoms. The molecule has 12 rings (SSSR count). The third-order valence-electron chi connectivity index (χ3n) is 12.4. The van der Waals surface area contributed by atoms with Crippen molar-refractivity contribution in [3.05, 3.63) is 236 Å². The van der Waals surface area contributed by atoms with Gasteiger partial charge in [-0.3, -0.25) is 0 Å². The second-order valence-corrected chi connectivity index (χ2v) is 16.0. The van der Waals surface area contributed by atoms with Crippen LogP contribution in [0.25, 0.3) is 71.7 Å². The zero-order valence-electron chi connectivity index (χ0n) is 33.3. The minimum absolute atomic E-state index is 0.000382. The van der Waals surface area contributed by atoms with E-state index in [1.807, 2.05) is 12.1 Å². The third kappa shape index (κ3) is 6.22. The summed E-state index contributed by atoms with van der Waals surface area (Å²) in [6.07, 6.45) is 6.83. The number of nitrogens with zero attached hydrogens (tertiary/aromatic N) is 1. The second-order valence-electron chi connectivity index (χ2n) is 16.0. The van der Waals surface area contributed by atoms with Gasteiger partial charge in [0.25, 0.3) is 0 Å². The molecule has 0 spiro atoms. The first-order chi connectivity index (χ1) is 30.2. The molecular weight excluding hydrogens is 743 g/mol. The monoisotopic (exact) mass is 781 g/mol. The highest BCUT2D eigenvalue weighted by molar-refractivity contribution is 6.10. The van der Waals surface area contributed by atoms with E-state index >= 15 is 0 Å². The van der Waals surface area contributed by atoms with E-state index in [1.54, 1.807) is 0 Å². The topological polar surface area (TPSA) is 25.6 Å². The van der Waals surface area contributed by atoms with Crippen molar-refractivity contribution in [2.24, 2.45) is 0 Å². The fraction of sp³-hybridized carbons (Fsp3) is 0.0345. The van der Waals surface area contributed by atoms with E-state index in [9.17, 15) is 0 Å². The van der Waals surface area contributed by atoms with Gasteiger partial charge >= 0.3 is 0 Å². The van der Waals surface area contributed by atoms with Gasteiger partial charge in [0.05, 0.1) is 0 Å². The Bertz CT molecular complexity index is 3360. The van der Waals surface area contributed by atoms with Gasteiger partial charge in [-0.05, 0) is 110 Å². The van der Waals surface area contributed by atoms with Gasteiger partial charge in [0.1, 0.15) is 23.0 Å². The van der Waals surface area contributed by atoms with Crippen LogP contribution in [0.2, 0.25) is 0 Å². The van der Waals surface area contributed by atoms with Crippen molar-refractivity contribution in [1.29, 1.82) is 0 Å². The first kappa shape index (κ1) is 35.1. The maximum Gasteiger partial charge on any atom is 0.143 e. The van der Waals surface area contributed by atoms with Crippen molar-refractivity contribution in [2.45, 2.75) is 12.0 Å². The van der Waals surface area contributed by atoms with Crippen molar-refractivity contribution >= 4 is 55.3 Å². The molecule has 2 atom stereocenters. The summed E-state index contributed by atoms with van der Waals surface area (Å²) in [6, 6.07) is 73.7. The van der Waals surface area contributed by atoms with Crippen molar-refractivity contribution in [1.82, 2.24) is 0 Å². The lowest BCUT2D eigenvalue weighted by Gasteiger charge is -2.26. The van der Waals surface area contributed by atoms with Crippen molar-refractivity contribution in [2.75, 3.05) is 4.90 Å². The van der Waals surface area contributed by atoms with E-state index in [0.29, 0.717) is 0 Å². The Morgan fingerprint density at radius 2 is 1.11 bits per heavy atom. The smallest absolute Gasteiger partial charge is 0.143 e. The lowest BCUT2D eigenvalue weighted by Crippen LogP contribution is -2.17. The summed E-state index contributed by atoms with van der Waals surface area (Å²) >= 11 is 0. The van der Waals surface area contributed by atoms with Gasteiger partial charge in [0, 0.05) is 50.9 Å². The van der Waals surface area contributed by atoms with Crippen molar-refractivity contribution in [3.8, 4) is 39.1 Å². The zero-order chi connectivity index (χ0) is 40.3. The molecule has 2 unspecified atom stereocenters. The summed E-state index contributed by atoms with van der Waals surface area (Å²) in [4.78, 5) is 2.34. The SMILES string of the molecule is C1=CC2c3ccccc3OC2C=C1c1cccc(-c2cccc(N(c3ccc(-c4ccc5ccccc5c4)cc3)c3ccc4c(c3)oc3c(-c5ccccc5)cccc34)c2)c1. The van der Waals surface area contributed by atoms with Gasteiger partial charge in [-0.15, -0.1) is 0 Å². The first-order valence-electron chi connectivity index (χ1n) is 21.0. The quantitative estimate of drug-likeness (QED) is 0.161. The van der Waals surface area contributed by atoms with Crippen molar-refractivity contribution < 1.29 is 9.15 Å². The first-order valence-corrected chi connectivity index (χ1v) is 21.0. The van der Waals surface area contributed by atoms with Gasteiger partial charge in [-0.1, -0.05) is 158 Å². The van der Waals surface area contributed by atoms with Crippen LogP contribution < -0.4 is 9.64 Å². The summed E-state index contributed by atoms with van der Waals surface area (Å²) in [5.41, 5.74) is 15.4. The highest BCUT2D eigenvalue weighted by atomic mass is 16.5. The van der Waals surface area contributed by atoms with E-state index in [0.717, 1.165) is 67.0 Å². The summed E-state index contributed by atoms with van der Waals surface area (Å²) in [6.45, 7) is 0. The van der Waals surface area contributed by atoms with Gasteiger partial charge in [-0.25, -0.2) is 0 Å². The normalized spacial score (nSPS) is 15.4. The highest BCUT2D eigenvalue weighted by Gasteiger charge is 2.33. The van der Waals surface area contributed by atoms with Crippen LogP contribution in [0.1, 0.15) is 17.0 Å². The minimum Gasteiger partial charge on any atom is -0.485 e. The molecule has 0 fully saturated rings. The molecule has 2 aliphatic rings. The molecule has 0 bridgehead atoms. The van der Waals surface area contributed by atoms with Gasteiger partial charge < -0.3 is 14.1 Å². The maximum atomic E-state index is 6.77. The maximum absolute atomic E-state index is 6.77. The Hall–Kier alpha value is -7.88. The number of furan rings is 1. The van der Waals surface area contributed by atoms with Crippen LogP contribution in [0.3, 0.4) is 0 Å². The predicted octanol–water partition coefficient (Wildman–Crippen LogP) is 15.7. The summed E-state index contributed by atoms with van der Waals surface area (Å²) in [5.74, 6) is 1.23. The molecule has 0 saturated carbocycles. The van der Waals surface area contributed by atoms with Gasteiger partial charge in [0.2, 0.25) is 0 Å². The van der Waals surface area contributed by atoms with Crippen LogP contribution in [0.4, 0.5) is 17.1 Å². The van der Waals surface area contributed by atoms with E-state index < -0.39 is 0 Å². The van der Waals surface area contributed by atoms with Crippen LogP contribution in [-0.4, -0.2) is 6.10 Å². The number of para-hydroxylation sites is 2. The molecule has 10 aromatic rings. The lowest BCUT2D eigenvalue weighted by molar-refractivity contribution is 0.269. The molecule has 61 heavy (non-hydrogen) atoms. The Kier molecular flexibility index (Phi) is 8.31. The summed E-state index contributed by atoms with van der Waals surface area (Å²) < 4.78 is 13.2. The molecule has 1 aromatic heterocycles. The molecule has 288 valence electrons. The van der Waals surface area contributed by atoms with Gasteiger partial charge in [-0.2, -0.15) is 0 Å². The third-order valence-corrected chi connectivity index (χ3v) is 12.4. The number of benzene rings is 9. The zero-order valence-corrected chi connectivity index (χ0v) is 33.3. The van der Waals surface area contributed by atoms with Crippen LogP contribution in [0, 0.1) is 0 Å². The Balaban J connectivity index is 0.940. The van der Waals surface area contributed by atoms with E-state index in [4.69, 9.17) is 9.15 Å². The number of anilines is 3. The number of allylic oxidation sites excluding steroid dienone is 2. The largest absolute Gasteiger partial charge is 0.485 e. The molecule has 3 nitrogen and oxygen atoms in total. The number of hydrogen-bond donors (Lipinski definition) is 0. The molecule has 1 aliphatic carbocycles. The second kappa shape index (κ2) is 14.4. The molecule has 1 aliphatic heterocycles. The van der Waals surface area contributed by atoms with Crippen LogP contribution in [0.5, 0.6) is 5.75 Å². The molecule has 2 heterocycles. The Morgan fingerprint density at radius 3 is 2.02 bits per heavy atom. The van der Waals surface area contributed by atoms with Crippen LogP contribution >= 0.6 is 0 Å². The van der Waals surface area contributed by atoms with Crippen LogP contribution in [0.15, 0.2) is 229 Å². The summed E-state index contributed by atoms with van der Waals surface area (Å²) in [7, 11) is 0. The fourth-order valence-electron chi connectivity index (χ4n) is 9.34. The number of fused-ring (bicyclic) bond motifs is 7. The minimum atomic E-state index is -0.000382. The standard InChI is InChI=1S/C58H39NO2/c1-2-12-40(13-3-1)50-20-10-21-54-53-32-30-49(37-57(53)61-58(50)54)59(47-28-25-39(26-29-47)45-24-23-38-11-4-5-14-41(38)33-45)48-18-9-17-44(35-48)42-15-8-16-43(34-42)46-27-31-52-51-19-6-7-22-55(51)60-56(52)36-46/h1-37,52,56H. The Morgan fingerprint density at radius 1 is 0.426 bits per heavy atom. The lowest BCUT2D eigenvalue weighted by atomic mass is 9.87. The van der Waals surface area contributed by atoms with E-state index in [2.05, 4.69) is 217 Å². The number of ether oxygens (including phenoxy) is 1. The number of hydrogen-bond acceptors (Lipinski definition) is 3. The van der Waals surface area contributed by atoms with Gasteiger partial charge in [0.15, 0.2) is 0 Å².